The smallest absolute Gasteiger partial charge is 0.152 e. The number of benzene rings is 1. The van der Waals surface area contributed by atoms with Gasteiger partial charge in [-0.2, -0.15) is 10.4 Å². The molecule has 3 rings (SSSR count). The minimum atomic E-state index is -2.93. The van der Waals surface area contributed by atoms with E-state index < -0.39 is 9.84 Å². The highest BCUT2D eigenvalue weighted by atomic mass is 32.2. The van der Waals surface area contributed by atoms with Crippen molar-refractivity contribution in [3.63, 3.8) is 0 Å². The van der Waals surface area contributed by atoms with Gasteiger partial charge < -0.3 is 0 Å². The van der Waals surface area contributed by atoms with Gasteiger partial charge in [-0.3, -0.25) is 9.58 Å². The van der Waals surface area contributed by atoms with Crippen LogP contribution >= 0.6 is 0 Å². The van der Waals surface area contributed by atoms with Crippen molar-refractivity contribution >= 4 is 9.84 Å². The lowest BCUT2D eigenvalue weighted by atomic mass is 10.1. The van der Waals surface area contributed by atoms with Crippen molar-refractivity contribution in [2.45, 2.75) is 39.4 Å². The molecule has 6 nitrogen and oxygen atoms in total. The second-order valence-electron chi connectivity index (χ2n) is 7.14. The first-order chi connectivity index (χ1) is 12.3. The summed E-state index contributed by atoms with van der Waals surface area (Å²) in [4.78, 5) is 2.18. The molecule has 2 heterocycles. The van der Waals surface area contributed by atoms with Crippen LogP contribution in [0.4, 0.5) is 0 Å². The minimum Gasteiger partial charge on any atom is -0.298 e. The van der Waals surface area contributed by atoms with Crippen molar-refractivity contribution in [3.8, 4) is 6.07 Å². The van der Waals surface area contributed by atoms with Gasteiger partial charge >= 0.3 is 0 Å². The van der Waals surface area contributed by atoms with E-state index in [9.17, 15) is 8.42 Å². The maximum absolute atomic E-state index is 11.8. The van der Waals surface area contributed by atoms with Gasteiger partial charge in [0, 0.05) is 24.3 Å². The van der Waals surface area contributed by atoms with E-state index in [-0.39, 0.29) is 17.5 Å². The molecule has 0 N–H and O–H groups in total. The van der Waals surface area contributed by atoms with Gasteiger partial charge in [-0.25, -0.2) is 8.42 Å². The molecule has 1 atom stereocenters. The fraction of sp³-hybridized carbons (Fsp3) is 0.474. The molecule has 0 saturated carbocycles. The number of hydrogen-bond acceptors (Lipinski definition) is 5. The Morgan fingerprint density at radius 3 is 2.77 bits per heavy atom. The molecule has 7 heteroatoms. The zero-order valence-electron chi connectivity index (χ0n) is 15.4. The van der Waals surface area contributed by atoms with E-state index in [2.05, 4.69) is 16.1 Å². The molecule has 1 aliphatic rings. The van der Waals surface area contributed by atoms with Gasteiger partial charge in [-0.15, -0.1) is 0 Å². The first-order valence-corrected chi connectivity index (χ1v) is 10.5. The van der Waals surface area contributed by atoms with Crippen molar-refractivity contribution in [3.05, 3.63) is 52.3 Å². The van der Waals surface area contributed by atoms with Gasteiger partial charge in [-0.1, -0.05) is 12.1 Å². The normalized spacial score (nSPS) is 19.0. The van der Waals surface area contributed by atoms with Crippen molar-refractivity contribution in [2.75, 3.05) is 18.6 Å². The van der Waals surface area contributed by atoms with E-state index in [0.717, 1.165) is 35.6 Å². The average molecular weight is 372 g/mol. The Bertz CT molecular complexity index is 956. The summed E-state index contributed by atoms with van der Waals surface area (Å²) < 4.78 is 25.5. The van der Waals surface area contributed by atoms with Gasteiger partial charge in [0.2, 0.25) is 0 Å². The standard InChI is InChI=1S/C19H24N4O2S/c1-14-19(12-22(3)11-17-6-4-5-16(9-17)10-20)15(2)23(21-14)18-7-8-26(24,25)13-18/h4-6,9,18H,7-8,11-13H2,1-3H3/t18-/m1/s1. The summed E-state index contributed by atoms with van der Waals surface area (Å²) in [5.74, 6) is 0.436. The van der Waals surface area contributed by atoms with Crippen LogP contribution in [0.5, 0.6) is 0 Å². The van der Waals surface area contributed by atoms with Crippen LogP contribution in [0, 0.1) is 25.2 Å². The first kappa shape index (κ1) is 18.6. The minimum absolute atomic E-state index is 0.0509. The molecule has 0 spiro atoms. The first-order valence-electron chi connectivity index (χ1n) is 8.71. The molecule has 0 radical (unpaired) electrons. The molecule has 26 heavy (non-hydrogen) atoms. The van der Waals surface area contributed by atoms with Crippen LogP contribution in [-0.2, 0) is 22.9 Å². The number of nitrogens with zero attached hydrogens (tertiary/aromatic N) is 4. The van der Waals surface area contributed by atoms with Gasteiger partial charge in [0.15, 0.2) is 9.84 Å². The molecule has 1 aromatic carbocycles. The molecular weight excluding hydrogens is 348 g/mol. The molecule has 0 amide bonds. The third-order valence-electron chi connectivity index (χ3n) is 4.97. The number of nitriles is 1. The lowest BCUT2D eigenvalue weighted by Gasteiger charge is -2.18. The molecule has 1 aromatic heterocycles. The lowest BCUT2D eigenvalue weighted by molar-refractivity contribution is 0.317. The van der Waals surface area contributed by atoms with E-state index >= 15 is 0 Å². The molecule has 0 aliphatic carbocycles. The van der Waals surface area contributed by atoms with Crippen LogP contribution in [0.15, 0.2) is 24.3 Å². The maximum Gasteiger partial charge on any atom is 0.152 e. The SMILES string of the molecule is Cc1nn([C@@H]2CCS(=O)(=O)C2)c(C)c1CN(C)Cc1cccc(C#N)c1. The summed E-state index contributed by atoms with van der Waals surface area (Å²) in [6.45, 7) is 5.46. The highest BCUT2D eigenvalue weighted by molar-refractivity contribution is 7.91. The number of sulfone groups is 1. The Balaban J connectivity index is 1.74. The highest BCUT2D eigenvalue weighted by Crippen LogP contribution is 2.27. The third-order valence-corrected chi connectivity index (χ3v) is 6.72. The fourth-order valence-electron chi connectivity index (χ4n) is 3.63. The highest BCUT2D eigenvalue weighted by Gasteiger charge is 2.31. The van der Waals surface area contributed by atoms with Crippen LogP contribution in [0.1, 0.15) is 40.5 Å². The Morgan fingerprint density at radius 1 is 1.35 bits per heavy atom. The molecule has 0 unspecified atom stereocenters. The van der Waals surface area contributed by atoms with Crippen LogP contribution in [0.2, 0.25) is 0 Å². The zero-order valence-corrected chi connectivity index (χ0v) is 16.3. The van der Waals surface area contributed by atoms with Crippen molar-refractivity contribution in [1.29, 1.82) is 5.26 Å². The number of aryl methyl sites for hydroxylation is 1. The van der Waals surface area contributed by atoms with Gasteiger partial charge in [0.1, 0.15) is 0 Å². The molecule has 1 fully saturated rings. The van der Waals surface area contributed by atoms with E-state index in [1.165, 1.54) is 0 Å². The van der Waals surface area contributed by atoms with Crippen LogP contribution < -0.4 is 0 Å². The Morgan fingerprint density at radius 2 is 2.12 bits per heavy atom. The molecular formula is C19H24N4O2S. The van der Waals surface area contributed by atoms with Gasteiger partial charge in [-0.05, 0) is 45.0 Å². The Hall–Kier alpha value is -2.17. The molecule has 138 valence electrons. The summed E-state index contributed by atoms with van der Waals surface area (Å²) in [6, 6.07) is 9.74. The summed E-state index contributed by atoms with van der Waals surface area (Å²) in [6.07, 6.45) is 0.639. The second-order valence-corrected chi connectivity index (χ2v) is 9.36. The Labute approximate surface area is 155 Å². The maximum atomic E-state index is 11.8. The number of hydrogen-bond donors (Lipinski definition) is 0. The van der Waals surface area contributed by atoms with Crippen molar-refractivity contribution in [1.82, 2.24) is 14.7 Å². The summed E-state index contributed by atoms with van der Waals surface area (Å²) in [7, 11) is -0.895. The predicted molar refractivity (Wildman–Crippen MR) is 100 cm³/mol. The average Bonchev–Trinajstić information content (AvgIpc) is 3.08. The number of aromatic nitrogens is 2. The van der Waals surface area contributed by atoms with E-state index in [4.69, 9.17) is 5.26 Å². The predicted octanol–water partition coefficient (Wildman–Crippen LogP) is 2.36. The molecule has 1 aliphatic heterocycles. The summed E-state index contributed by atoms with van der Waals surface area (Å²) in [5, 5.41) is 13.7. The second kappa shape index (κ2) is 7.22. The van der Waals surface area contributed by atoms with E-state index in [1.807, 2.05) is 43.8 Å². The van der Waals surface area contributed by atoms with Crippen LogP contribution in [0.25, 0.3) is 0 Å². The monoisotopic (exact) mass is 372 g/mol. The fourth-order valence-corrected chi connectivity index (χ4v) is 5.32. The Kier molecular flexibility index (Phi) is 5.17. The molecule has 2 aromatic rings. The van der Waals surface area contributed by atoms with Crippen LogP contribution in [0.3, 0.4) is 0 Å². The third kappa shape index (κ3) is 3.97. The van der Waals surface area contributed by atoms with Gasteiger partial charge in [0.05, 0.1) is 34.9 Å². The summed E-state index contributed by atoms with van der Waals surface area (Å²) >= 11 is 0. The topological polar surface area (TPSA) is 79.0 Å². The van der Waals surface area contributed by atoms with Crippen molar-refractivity contribution < 1.29 is 8.42 Å². The molecule has 1 saturated heterocycles. The van der Waals surface area contributed by atoms with Crippen LogP contribution in [-0.4, -0.2) is 41.7 Å². The lowest BCUT2D eigenvalue weighted by Crippen LogP contribution is -2.19. The van der Waals surface area contributed by atoms with E-state index in [0.29, 0.717) is 12.0 Å². The summed E-state index contributed by atoms with van der Waals surface area (Å²) in [5.41, 5.74) is 4.90. The quantitative estimate of drug-likeness (QED) is 0.805. The van der Waals surface area contributed by atoms with E-state index in [1.54, 1.807) is 6.07 Å². The largest absolute Gasteiger partial charge is 0.298 e. The molecule has 0 bridgehead atoms. The number of rotatable bonds is 5. The van der Waals surface area contributed by atoms with Gasteiger partial charge in [0.25, 0.3) is 0 Å². The van der Waals surface area contributed by atoms with Crippen molar-refractivity contribution in [2.24, 2.45) is 0 Å². The zero-order chi connectivity index (χ0) is 18.9.